The minimum Gasteiger partial charge on any atom is -0.494 e. The van der Waals surface area contributed by atoms with E-state index in [1.165, 1.54) is 19.2 Å². The fraction of sp³-hybridized carbons (Fsp3) is 0.188. The van der Waals surface area contributed by atoms with E-state index in [4.69, 9.17) is 16.3 Å². The molecule has 0 aliphatic heterocycles. The molecule has 0 amide bonds. The SMILES string of the molecule is COc1ccc(CC(C(=O)O)c2ccccc2Cl)cc1F. The number of methoxy groups -OCH3 is 1. The van der Waals surface area contributed by atoms with Gasteiger partial charge in [-0.05, 0) is 35.7 Å². The zero-order valence-electron chi connectivity index (χ0n) is 11.3. The lowest BCUT2D eigenvalue weighted by Crippen LogP contribution is -2.15. The largest absolute Gasteiger partial charge is 0.494 e. The third-order valence-electron chi connectivity index (χ3n) is 3.23. The van der Waals surface area contributed by atoms with Gasteiger partial charge < -0.3 is 9.84 Å². The molecule has 0 saturated heterocycles. The number of carbonyl (C=O) groups is 1. The molecule has 0 bridgehead atoms. The van der Waals surface area contributed by atoms with Gasteiger partial charge in [-0.3, -0.25) is 4.79 Å². The summed E-state index contributed by atoms with van der Waals surface area (Å²) in [7, 11) is 1.38. The molecular weight excluding hydrogens is 295 g/mol. The molecule has 0 aliphatic rings. The predicted octanol–water partition coefficient (Wildman–Crippen LogP) is 3.90. The second-order valence-corrected chi connectivity index (χ2v) is 4.99. The maximum atomic E-state index is 13.7. The van der Waals surface area contributed by atoms with E-state index in [1.807, 2.05) is 0 Å². The lowest BCUT2D eigenvalue weighted by Gasteiger charge is -2.15. The molecule has 0 aromatic heterocycles. The zero-order chi connectivity index (χ0) is 15.4. The van der Waals surface area contributed by atoms with Crippen molar-refractivity contribution >= 4 is 17.6 Å². The average molecular weight is 309 g/mol. The molecule has 3 nitrogen and oxygen atoms in total. The van der Waals surface area contributed by atoms with Gasteiger partial charge in [-0.1, -0.05) is 35.9 Å². The Kier molecular flexibility index (Phi) is 4.81. The number of ether oxygens (including phenoxy) is 1. The first kappa shape index (κ1) is 15.3. The maximum absolute atomic E-state index is 13.7. The Hall–Kier alpha value is -2.07. The van der Waals surface area contributed by atoms with E-state index < -0.39 is 17.7 Å². The molecule has 2 aromatic carbocycles. The Morgan fingerprint density at radius 1 is 1.33 bits per heavy atom. The smallest absolute Gasteiger partial charge is 0.311 e. The quantitative estimate of drug-likeness (QED) is 0.911. The van der Waals surface area contributed by atoms with E-state index in [0.29, 0.717) is 16.1 Å². The highest BCUT2D eigenvalue weighted by atomic mass is 35.5. The molecule has 0 radical (unpaired) electrons. The van der Waals surface area contributed by atoms with Crippen LogP contribution in [0.2, 0.25) is 5.02 Å². The molecule has 0 aliphatic carbocycles. The molecule has 1 atom stereocenters. The van der Waals surface area contributed by atoms with Crippen LogP contribution in [-0.4, -0.2) is 18.2 Å². The summed E-state index contributed by atoms with van der Waals surface area (Å²) in [6.07, 6.45) is 0.153. The van der Waals surface area contributed by atoms with Crippen LogP contribution in [0.5, 0.6) is 5.75 Å². The highest BCUT2D eigenvalue weighted by Gasteiger charge is 2.23. The molecule has 0 fully saturated rings. The van der Waals surface area contributed by atoms with Crippen molar-refractivity contribution in [3.63, 3.8) is 0 Å². The highest BCUT2D eigenvalue weighted by Crippen LogP contribution is 2.29. The van der Waals surface area contributed by atoms with Crippen molar-refractivity contribution in [2.45, 2.75) is 12.3 Å². The van der Waals surface area contributed by atoms with Crippen LogP contribution in [-0.2, 0) is 11.2 Å². The Morgan fingerprint density at radius 2 is 2.05 bits per heavy atom. The van der Waals surface area contributed by atoms with E-state index in [0.717, 1.165) is 0 Å². The number of halogens is 2. The minimum absolute atomic E-state index is 0.128. The number of rotatable bonds is 5. The van der Waals surface area contributed by atoms with Crippen molar-refractivity contribution in [3.05, 3.63) is 64.4 Å². The average Bonchev–Trinajstić information content (AvgIpc) is 2.45. The van der Waals surface area contributed by atoms with Gasteiger partial charge in [0.15, 0.2) is 11.6 Å². The van der Waals surface area contributed by atoms with Crippen LogP contribution in [0.3, 0.4) is 0 Å². The number of carboxylic acid groups (broad SMARTS) is 1. The zero-order valence-corrected chi connectivity index (χ0v) is 12.1. The summed E-state index contributed by atoms with van der Waals surface area (Å²) >= 11 is 6.05. The maximum Gasteiger partial charge on any atom is 0.311 e. The molecule has 110 valence electrons. The van der Waals surface area contributed by atoms with Gasteiger partial charge in [-0.25, -0.2) is 4.39 Å². The number of benzene rings is 2. The molecule has 2 rings (SSSR count). The highest BCUT2D eigenvalue weighted by molar-refractivity contribution is 6.31. The standard InChI is InChI=1S/C16H14ClFO3/c1-21-15-7-6-10(9-14(15)18)8-12(16(19)20)11-4-2-3-5-13(11)17/h2-7,9,12H,8H2,1H3,(H,19,20). The summed E-state index contributed by atoms with van der Waals surface area (Å²) < 4.78 is 18.5. The van der Waals surface area contributed by atoms with Crippen LogP contribution >= 0.6 is 11.6 Å². The Balaban J connectivity index is 2.31. The van der Waals surface area contributed by atoms with Gasteiger partial charge in [0, 0.05) is 5.02 Å². The Morgan fingerprint density at radius 3 is 2.62 bits per heavy atom. The minimum atomic E-state index is -1.00. The van der Waals surface area contributed by atoms with E-state index in [1.54, 1.807) is 30.3 Å². The summed E-state index contributed by atoms with van der Waals surface area (Å²) in [5, 5.41) is 9.79. The van der Waals surface area contributed by atoms with E-state index >= 15 is 0 Å². The Bertz CT molecular complexity index is 658. The second-order valence-electron chi connectivity index (χ2n) is 4.59. The first-order valence-electron chi connectivity index (χ1n) is 6.32. The molecule has 0 saturated carbocycles. The van der Waals surface area contributed by atoms with E-state index in [-0.39, 0.29) is 12.2 Å². The first-order valence-corrected chi connectivity index (χ1v) is 6.70. The molecule has 0 spiro atoms. The van der Waals surface area contributed by atoms with Crippen LogP contribution in [0, 0.1) is 5.82 Å². The summed E-state index contributed by atoms with van der Waals surface area (Å²) in [6.45, 7) is 0. The molecule has 1 unspecified atom stereocenters. The second kappa shape index (κ2) is 6.59. The normalized spacial score (nSPS) is 12.0. The molecule has 0 heterocycles. The fourth-order valence-electron chi connectivity index (χ4n) is 2.16. The van der Waals surface area contributed by atoms with Gasteiger partial charge in [0.25, 0.3) is 0 Å². The lowest BCUT2D eigenvalue weighted by atomic mass is 9.92. The molecule has 1 N–H and O–H groups in total. The molecule has 21 heavy (non-hydrogen) atoms. The predicted molar refractivity (Wildman–Crippen MR) is 78.5 cm³/mol. The number of aliphatic carboxylic acids is 1. The number of carboxylic acids is 1. The fourth-order valence-corrected chi connectivity index (χ4v) is 2.43. The van der Waals surface area contributed by atoms with Crippen molar-refractivity contribution < 1.29 is 19.0 Å². The summed E-state index contributed by atoms with van der Waals surface area (Å²) in [5.41, 5.74) is 1.09. The van der Waals surface area contributed by atoms with Crippen LogP contribution in [0.1, 0.15) is 17.0 Å². The monoisotopic (exact) mass is 308 g/mol. The van der Waals surface area contributed by atoms with Crippen LogP contribution < -0.4 is 4.74 Å². The summed E-state index contributed by atoms with van der Waals surface area (Å²) in [6, 6.07) is 11.2. The van der Waals surface area contributed by atoms with Gasteiger partial charge >= 0.3 is 5.97 Å². The van der Waals surface area contributed by atoms with Crippen molar-refractivity contribution in [2.24, 2.45) is 0 Å². The van der Waals surface area contributed by atoms with E-state index in [2.05, 4.69) is 0 Å². The van der Waals surface area contributed by atoms with Gasteiger partial charge in [0.2, 0.25) is 0 Å². The Labute approximate surface area is 126 Å². The van der Waals surface area contributed by atoms with Crippen LogP contribution in [0.4, 0.5) is 4.39 Å². The van der Waals surface area contributed by atoms with Gasteiger partial charge in [-0.2, -0.15) is 0 Å². The van der Waals surface area contributed by atoms with E-state index in [9.17, 15) is 14.3 Å². The summed E-state index contributed by atoms with van der Waals surface area (Å²) in [4.78, 5) is 11.5. The third kappa shape index (κ3) is 3.52. The van der Waals surface area contributed by atoms with Crippen molar-refractivity contribution in [2.75, 3.05) is 7.11 Å². The van der Waals surface area contributed by atoms with Crippen molar-refractivity contribution in [3.8, 4) is 5.75 Å². The van der Waals surface area contributed by atoms with Gasteiger partial charge in [0.1, 0.15) is 0 Å². The first-order chi connectivity index (χ1) is 10.0. The molecular formula is C16H14ClFO3. The summed E-state index contributed by atoms with van der Waals surface area (Å²) in [5.74, 6) is -2.22. The topological polar surface area (TPSA) is 46.5 Å². The number of hydrogen-bond donors (Lipinski definition) is 1. The van der Waals surface area contributed by atoms with Crippen LogP contribution in [0.15, 0.2) is 42.5 Å². The third-order valence-corrected chi connectivity index (χ3v) is 3.58. The molecule has 5 heteroatoms. The van der Waals surface area contributed by atoms with Gasteiger partial charge in [-0.15, -0.1) is 0 Å². The number of hydrogen-bond acceptors (Lipinski definition) is 2. The van der Waals surface area contributed by atoms with Gasteiger partial charge in [0.05, 0.1) is 13.0 Å². The lowest BCUT2D eigenvalue weighted by molar-refractivity contribution is -0.138. The van der Waals surface area contributed by atoms with Crippen molar-refractivity contribution in [1.29, 1.82) is 0 Å². The molecule has 2 aromatic rings. The van der Waals surface area contributed by atoms with Crippen LogP contribution in [0.25, 0.3) is 0 Å². The van der Waals surface area contributed by atoms with Crippen molar-refractivity contribution in [1.82, 2.24) is 0 Å².